The van der Waals surface area contributed by atoms with E-state index >= 15 is 0 Å². The quantitative estimate of drug-likeness (QED) is 0.569. The molecule has 1 N–H and O–H groups in total. The summed E-state index contributed by atoms with van der Waals surface area (Å²) < 4.78 is 28.8. The zero-order chi connectivity index (χ0) is 22.0. The van der Waals surface area contributed by atoms with Crippen LogP contribution in [-0.4, -0.2) is 47.1 Å². The largest absolute Gasteiger partial charge is 0.330 e. The molecule has 162 valence electrons. The van der Waals surface area contributed by atoms with Crippen molar-refractivity contribution in [1.82, 2.24) is 13.9 Å². The smallest absolute Gasteiger partial charge is 0.243 e. The van der Waals surface area contributed by atoms with Crippen molar-refractivity contribution in [1.29, 1.82) is 0 Å². The second-order valence-electron chi connectivity index (χ2n) is 7.63. The van der Waals surface area contributed by atoms with E-state index < -0.39 is 10.0 Å². The fourth-order valence-corrected chi connectivity index (χ4v) is 5.23. The Morgan fingerprint density at radius 1 is 1.06 bits per heavy atom. The summed E-state index contributed by atoms with van der Waals surface area (Å²) in [7, 11) is -3.49. The van der Waals surface area contributed by atoms with E-state index in [1.165, 1.54) is 11.2 Å². The number of anilines is 1. The van der Waals surface area contributed by atoms with Crippen LogP contribution < -0.4 is 5.32 Å². The summed E-state index contributed by atoms with van der Waals surface area (Å²) in [6.07, 6.45) is 3.62. The predicted molar refractivity (Wildman–Crippen MR) is 117 cm³/mol. The second-order valence-corrected chi connectivity index (χ2v) is 9.57. The summed E-state index contributed by atoms with van der Waals surface area (Å²) in [5.74, 6) is -0.188. The number of sulfonamides is 1. The number of fused-ring (bicyclic) bond motifs is 1. The van der Waals surface area contributed by atoms with Crippen LogP contribution in [0.2, 0.25) is 0 Å². The predicted octanol–water partition coefficient (Wildman–Crippen LogP) is 3.05. The second kappa shape index (κ2) is 8.60. The Morgan fingerprint density at radius 2 is 1.77 bits per heavy atom. The lowest BCUT2D eigenvalue weighted by molar-refractivity contribution is -0.116. The molecule has 31 heavy (non-hydrogen) atoms. The lowest BCUT2D eigenvalue weighted by Gasteiger charge is -2.15. The van der Waals surface area contributed by atoms with Crippen molar-refractivity contribution in [3.63, 3.8) is 0 Å². The number of benzene rings is 2. The molecule has 0 aliphatic carbocycles. The van der Waals surface area contributed by atoms with Crippen LogP contribution in [0.5, 0.6) is 0 Å². The van der Waals surface area contributed by atoms with Gasteiger partial charge in [-0.15, -0.1) is 0 Å². The monoisotopic (exact) mass is 440 g/mol. The molecule has 0 bridgehead atoms. The molecule has 0 unspecified atom stereocenters. The number of aromatic nitrogens is 2. The molecule has 1 aliphatic rings. The molecule has 1 amide bonds. The molecular formula is C22H24N4O4S. The van der Waals surface area contributed by atoms with Gasteiger partial charge in [0.1, 0.15) is 0 Å². The van der Waals surface area contributed by atoms with E-state index in [2.05, 4.69) is 10.3 Å². The standard InChI is InChI=1S/C22H24N4O4S/c1-16(27)17-4-6-18(7-5-17)24-22(28)10-13-25-15-23-20-14-19(8-9-21(20)25)31(29,30)26-11-2-3-12-26/h4-9,14-15H,2-3,10-13H2,1H3,(H,24,28). The van der Waals surface area contributed by atoms with E-state index in [0.717, 1.165) is 18.4 Å². The van der Waals surface area contributed by atoms with Crippen LogP contribution in [0.1, 0.15) is 36.5 Å². The molecule has 8 nitrogen and oxygen atoms in total. The van der Waals surface area contributed by atoms with E-state index in [-0.39, 0.29) is 23.0 Å². The number of hydrogen-bond acceptors (Lipinski definition) is 5. The third kappa shape index (κ3) is 4.52. The van der Waals surface area contributed by atoms with Crippen LogP contribution in [-0.2, 0) is 21.4 Å². The van der Waals surface area contributed by atoms with Gasteiger partial charge >= 0.3 is 0 Å². The summed E-state index contributed by atoms with van der Waals surface area (Å²) in [5.41, 5.74) is 2.58. The van der Waals surface area contributed by atoms with E-state index in [9.17, 15) is 18.0 Å². The number of imidazole rings is 1. The average Bonchev–Trinajstić information content (AvgIpc) is 3.43. The van der Waals surface area contributed by atoms with Crippen molar-refractivity contribution >= 4 is 38.4 Å². The van der Waals surface area contributed by atoms with Crippen LogP contribution in [0.15, 0.2) is 53.7 Å². The molecule has 2 heterocycles. The lowest BCUT2D eigenvalue weighted by atomic mass is 10.1. The highest BCUT2D eigenvalue weighted by Gasteiger charge is 2.27. The van der Waals surface area contributed by atoms with E-state index in [0.29, 0.717) is 36.4 Å². The Balaban J connectivity index is 1.42. The van der Waals surface area contributed by atoms with Gasteiger partial charge in [0.25, 0.3) is 0 Å². The third-order valence-corrected chi connectivity index (χ3v) is 7.34. The molecule has 2 aromatic carbocycles. The highest BCUT2D eigenvalue weighted by atomic mass is 32.2. The molecule has 1 saturated heterocycles. The maximum absolute atomic E-state index is 12.8. The van der Waals surface area contributed by atoms with E-state index in [4.69, 9.17) is 0 Å². The van der Waals surface area contributed by atoms with Crippen molar-refractivity contribution in [2.75, 3.05) is 18.4 Å². The van der Waals surface area contributed by atoms with Gasteiger partial charge in [0.2, 0.25) is 15.9 Å². The normalized spacial score (nSPS) is 14.7. The number of rotatable bonds is 7. The fraction of sp³-hybridized carbons (Fsp3) is 0.318. The Labute approximate surface area is 180 Å². The van der Waals surface area contributed by atoms with Gasteiger partial charge in [-0.1, -0.05) is 0 Å². The molecule has 1 aromatic heterocycles. The molecule has 0 spiro atoms. The molecule has 9 heteroatoms. The molecule has 3 aromatic rings. The van der Waals surface area contributed by atoms with Crippen molar-refractivity contribution < 1.29 is 18.0 Å². The summed E-state index contributed by atoms with van der Waals surface area (Å²) in [4.78, 5) is 28.2. The number of carbonyl (C=O) groups excluding carboxylic acids is 2. The Morgan fingerprint density at radius 3 is 2.45 bits per heavy atom. The molecule has 0 atom stereocenters. The van der Waals surface area contributed by atoms with E-state index in [1.54, 1.807) is 48.8 Å². The number of nitrogens with one attached hydrogen (secondary N) is 1. The van der Waals surface area contributed by atoms with Gasteiger partial charge in [-0.3, -0.25) is 9.59 Å². The van der Waals surface area contributed by atoms with Crippen molar-refractivity contribution in [2.45, 2.75) is 37.6 Å². The average molecular weight is 441 g/mol. The number of ketones is 1. The van der Waals surface area contributed by atoms with Crippen molar-refractivity contribution in [3.8, 4) is 0 Å². The van der Waals surface area contributed by atoms with Crippen LogP contribution >= 0.6 is 0 Å². The minimum Gasteiger partial charge on any atom is -0.330 e. The zero-order valence-electron chi connectivity index (χ0n) is 17.2. The first kappa shape index (κ1) is 21.2. The molecule has 1 aliphatic heterocycles. The molecule has 1 fully saturated rings. The number of aryl methyl sites for hydroxylation is 1. The molecule has 0 radical (unpaired) electrons. The van der Waals surface area contributed by atoms with Crippen LogP contribution in [0.3, 0.4) is 0 Å². The minimum atomic E-state index is -3.49. The molecule has 4 rings (SSSR count). The maximum Gasteiger partial charge on any atom is 0.243 e. The van der Waals surface area contributed by atoms with Crippen LogP contribution in [0, 0.1) is 0 Å². The first-order valence-electron chi connectivity index (χ1n) is 10.2. The van der Waals surface area contributed by atoms with Crippen LogP contribution in [0.25, 0.3) is 11.0 Å². The highest BCUT2D eigenvalue weighted by molar-refractivity contribution is 7.89. The van der Waals surface area contributed by atoms with Gasteiger partial charge in [0, 0.05) is 37.3 Å². The zero-order valence-corrected chi connectivity index (χ0v) is 18.1. The SMILES string of the molecule is CC(=O)c1ccc(NC(=O)CCn2cnc3cc(S(=O)(=O)N4CCCC4)ccc32)cc1. The van der Waals surface area contributed by atoms with Gasteiger partial charge in [0.05, 0.1) is 22.3 Å². The first-order chi connectivity index (χ1) is 14.8. The minimum absolute atomic E-state index is 0.0266. The number of nitrogens with zero attached hydrogens (tertiary/aromatic N) is 3. The highest BCUT2D eigenvalue weighted by Crippen LogP contribution is 2.24. The topological polar surface area (TPSA) is 101 Å². The van der Waals surface area contributed by atoms with Gasteiger partial charge in [0.15, 0.2) is 5.78 Å². The molecular weight excluding hydrogens is 416 g/mol. The first-order valence-corrected chi connectivity index (χ1v) is 11.6. The Hall–Kier alpha value is -3.04. The third-order valence-electron chi connectivity index (χ3n) is 5.45. The molecule has 0 saturated carbocycles. The summed E-state index contributed by atoms with van der Waals surface area (Å²) in [5, 5.41) is 2.81. The number of hydrogen-bond donors (Lipinski definition) is 1. The summed E-state index contributed by atoms with van der Waals surface area (Å²) in [6.45, 7) is 3.02. The van der Waals surface area contributed by atoms with Crippen LogP contribution in [0.4, 0.5) is 5.69 Å². The maximum atomic E-state index is 12.8. The number of amides is 1. The summed E-state index contributed by atoms with van der Waals surface area (Å²) >= 11 is 0. The van der Waals surface area contributed by atoms with Crippen molar-refractivity contribution in [2.24, 2.45) is 0 Å². The number of carbonyl (C=O) groups is 2. The fourth-order valence-electron chi connectivity index (χ4n) is 3.69. The van der Waals surface area contributed by atoms with Crippen molar-refractivity contribution in [3.05, 3.63) is 54.4 Å². The summed E-state index contributed by atoms with van der Waals surface area (Å²) in [6, 6.07) is 11.7. The van der Waals surface area contributed by atoms with Gasteiger partial charge in [-0.25, -0.2) is 13.4 Å². The van der Waals surface area contributed by atoms with Gasteiger partial charge < -0.3 is 9.88 Å². The Kier molecular flexibility index (Phi) is 5.88. The lowest BCUT2D eigenvalue weighted by Crippen LogP contribution is -2.27. The van der Waals surface area contributed by atoms with E-state index in [1.807, 2.05) is 4.57 Å². The van der Waals surface area contributed by atoms with Gasteiger partial charge in [-0.05, 0) is 62.2 Å². The number of Topliss-reactive ketones (excluding diaryl/α,β-unsaturated/α-hetero) is 1. The Bertz CT molecular complexity index is 1230. The van der Waals surface area contributed by atoms with Gasteiger partial charge in [-0.2, -0.15) is 4.31 Å².